The minimum atomic E-state index is 0.905. The highest BCUT2D eigenvalue weighted by atomic mass is 32.1. The average molecular weight is 241 g/mol. The van der Waals surface area contributed by atoms with Gasteiger partial charge in [0.1, 0.15) is 5.01 Å². The fourth-order valence-electron chi connectivity index (χ4n) is 1.87. The van der Waals surface area contributed by atoms with Gasteiger partial charge in [-0.05, 0) is 6.54 Å². The van der Waals surface area contributed by atoms with E-state index in [1.54, 1.807) is 11.3 Å². The highest BCUT2D eigenvalue weighted by Crippen LogP contribution is 2.16. The predicted molar refractivity (Wildman–Crippen MR) is 66.8 cm³/mol. The van der Waals surface area contributed by atoms with E-state index in [0.717, 1.165) is 36.3 Å². The van der Waals surface area contributed by atoms with Gasteiger partial charge in [-0.25, -0.2) is 0 Å². The SMILES string of the molecule is CCN1CCN(Cc2nnc(NC)s2)CC1. The third-order valence-corrected chi connectivity index (χ3v) is 3.88. The Labute approximate surface area is 100 Å². The number of nitrogens with one attached hydrogen (secondary N) is 1. The molecule has 2 rings (SSSR count). The van der Waals surface area contributed by atoms with E-state index < -0.39 is 0 Å². The van der Waals surface area contributed by atoms with Crippen molar-refractivity contribution >= 4 is 16.5 Å². The lowest BCUT2D eigenvalue weighted by Gasteiger charge is -2.33. The van der Waals surface area contributed by atoms with Gasteiger partial charge in [0.05, 0.1) is 6.54 Å². The molecular formula is C10H19N5S. The van der Waals surface area contributed by atoms with Gasteiger partial charge in [-0.15, -0.1) is 10.2 Å². The molecule has 0 unspecified atom stereocenters. The zero-order valence-corrected chi connectivity index (χ0v) is 10.8. The second-order valence-electron chi connectivity index (χ2n) is 3.96. The molecule has 1 aromatic heterocycles. The summed E-state index contributed by atoms with van der Waals surface area (Å²) in [6.45, 7) is 8.96. The molecule has 1 aliphatic rings. The van der Waals surface area contributed by atoms with E-state index in [0.29, 0.717) is 0 Å². The molecule has 1 aromatic rings. The lowest BCUT2D eigenvalue weighted by atomic mass is 10.3. The molecule has 0 bridgehead atoms. The molecule has 0 atom stereocenters. The summed E-state index contributed by atoms with van der Waals surface area (Å²) in [7, 11) is 1.88. The van der Waals surface area contributed by atoms with Gasteiger partial charge in [-0.1, -0.05) is 18.3 Å². The van der Waals surface area contributed by atoms with Crippen LogP contribution in [0.2, 0.25) is 0 Å². The molecular weight excluding hydrogens is 222 g/mol. The normalized spacial score (nSPS) is 18.9. The summed E-state index contributed by atoms with van der Waals surface area (Å²) in [6, 6.07) is 0. The van der Waals surface area contributed by atoms with E-state index in [2.05, 4.69) is 32.2 Å². The summed E-state index contributed by atoms with van der Waals surface area (Å²) in [5.41, 5.74) is 0. The minimum Gasteiger partial charge on any atom is -0.363 e. The third-order valence-electron chi connectivity index (χ3n) is 2.95. The summed E-state index contributed by atoms with van der Waals surface area (Å²) in [5, 5.41) is 13.3. The lowest BCUT2D eigenvalue weighted by molar-refractivity contribution is 0.131. The van der Waals surface area contributed by atoms with Crippen molar-refractivity contribution in [3.63, 3.8) is 0 Å². The molecule has 0 radical (unpaired) electrons. The van der Waals surface area contributed by atoms with Gasteiger partial charge in [0.15, 0.2) is 0 Å². The van der Waals surface area contributed by atoms with Crippen molar-refractivity contribution in [1.29, 1.82) is 0 Å². The number of hydrogen-bond donors (Lipinski definition) is 1. The van der Waals surface area contributed by atoms with Crippen LogP contribution in [0.3, 0.4) is 0 Å². The van der Waals surface area contributed by atoms with Crippen LogP contribution in [0.15, 0.2) is 0 Å². The zero-order valence-electron chi connectivity index (χ0n) is 9.94. The van der Waals surface area contributed by atoms with Crippen LogP contribution in [0, 0.1) is 0 Å². The first-order valence-corrected chi connectivity index (χ1v) is 6.58. The number of aromatic nitrogens is 2. The molecule has 0 spiro atoms. The van der Waals surface area contributed by atoms with Crippen LogP contribution >= 0.6 is 11.3 Å². The Balaban J connectivity index is 1.82. The summed E-state index contributed by atoms with van der Waals surface area (Å²) in [4.78, 5) is 4.93. The first-order valence-electron chi connectivity index (χ1n) is 5.76. The maximum Gasteiger partial charge on any atom is 0.205 e. The maximum absolute atomic E-state index is 4.17. The molecule has 1 aliphatic heterocycles. The number of anilines is 1. The van der Waals surface area contributed by atoms with Crippen molar-refractivity contribution in [3.05, 3.63) is 5.01 Å². The van der Waals surface area contributed by atoms with E-state index >= 15 is 0 Å². The summed E-state index contributed by atoms with van der Waals surface area (Å²) < 4.78 is 0. The first kappa shape index (κ1) is 11.8. The molecule has 90 valence electrons. The second kappa shape index (κ2) is 5.56. The van der Waals surface area contributed by atoms with Crippen LogP contribution < -0.4 is 5.32 Å². The van der Waals surface area contributed by atoms with Crippen molar-refractivity contribution in [1.82, 2.24) is 20.0 Å². The Morgan fingerprint density at radius 3 is 2.44 bits per heavy atom. The van der Waals surface area contributed by atoms with Crippen molar-refractivity contribution in [2.75, 3.05) is 45.1 Å². The fourth-order valence-corrected chi connectivity index (χ4v) is 2.61. The van der Waals surface area contributed by atoms with Crippen LogP contribution in [0.5, 0.6) is 0 Å². The molecule has 0 aromatic carbocycles. The molecule has 0 saturated carbocycles. The van der Waals surface area contributed by atoms with Crippen LogP contribution in [-0.4, -0.2) is 59.8 Å². The molecule has 6 heteroatoms. The molecule has 1 fully saturated rings. The van der Waals surface area contributed by atoms with E-state index in [1.165, 1.54) is 13.1 Å². The van der Waals surface area contributed by atoms with Crippen LogP contribution in [0.1, 0.15) is 11.9 Å². The monoisotopic (exact) mass is 241 g/mol. The summed E-state index contributed by atoms with van der Waals surface area (Å²) >= 11 is 1.64. The molecule has 1 saturated heterocycles. The molecule has 0 amide bonds. The Bertz CT molecular complexity index is 319. The lowest BCUT2D eigenvalue weighted by Crippen LogP contribution is -2.45. The van der Waals surface area contributed by atoms with Crippen molar-refractivity contribution in [3.8, 4) is 0 Å². The highest BCUT2D eigenvalue weighted by molar-refractivity contribution is 7.15. The van der Waals surface area contributed by atoms with Crippen LogP contribution in [0.4, 0.5) is 5.13 Å². The zero-order chi connectivity index (χ0) is 11.4. The van der Waals surface area contributed by atoms with Gasteiger partial charge in [0.25, 0.3) is 0 Å². The van der Waals surface area contributed by atoms with E-state index in [1.807, 2.05) is 7.05 Å². The molecule has 1 N–H and O–H groups in total. The largest absolute Gasteiger partial charge is 0.363 e. The van der Waals surface area contributed by atoms with Crippen molar-refractivity contribution in [2.45, 2.75) is 13.5 Å². The number of piperazine rings is 1. The van der Waals surface area contributed by atoms with Gasteiger partial charge < -0.3 is 10.2 Å². The molecule has 2 heterocycles. The number of rotatable bonds is 4. The van der Waals surface area contributed by atoms with Gasteiger partial charge in [0, 0.05) is 33.2 Å². The Morgan fingerprint density at radius 2 is 1.88 bits per heavy atom. The number of nitrogens with zero attached hydrogens (tertiary/aromatic N) is 4. The Hall–Kier alpha value is -0.720. The Morgan fingerprint density at radius 1 is 1.19 bits per heavy atom. The highest BCUT2D eigenvalue weighted by Gasteiger charge is 2.16. The van der Waals surface area contributed by atoms with Crippen molar-refractivity contribution < 1.29 is 0 Å². The number of hydrogen-bond acceptors (Lipinski definition) is 6. The maximum atomic E-state index is 4.17. The second-order valence-corrected chi connectivity index (χ2v) is 5.02. The summed E-state index contributed by atoms with van der Waals surface area (Å²) in [6.07, 6.45) is 0. The van der Waals surface area contributed by atoms with Gasteiger partial charge in [0.2, 0.25) is 5.13 Å². The molecule has 16 heavy (non-hydrogen) atoms. The smallest absolute Gasteiger partial charge is 0.205 e. The fraction of sp³-hybridized carbons (Fsp3) is 0.800. The van der Waals surface area contributed by atoms with Gasteiger partial charge in [-0.3, -0.25) is 4.90 Å². The van der Waals surface area contributed by atoms with Gasteiger partial charge >= 0.3 is 0 Å². The third kappa shape index (κ3) is 2.90. The molecule has 0 aliphatic carbocycles. The number of likely N-dealkylation sites (N-methyl/N-ethyl adjacent to an activating group) is 1. The van der Waals surface area contributed by atoms with E-state index in [4.69, 9.17) is 0 Å². The van der Waals surface area contributed by atoms with E-state index in [-0.39, 0.29) is 0 Å². The minimum absolute atomic E-state index is 0.905. The standard InChI is InChI=1S/C10H19N5S/c1-3-14-4-6-15(7-5-14)8-9-12-13-10(11-2)16-9/h3-8H2,1-2H3,(H,11,13). The topological polar surface area (TPSA) is 44.3 Å². The van der Waals surface area contributed by atoms with Gasteiger partial charge in [-0.2, -0.15) is 0 Å². The Kier molecular flexibility index (Phi) is 4.09. The van der Waals surface area contributed by atoms with Crippen LogP contribution in [-0.2, 0) is 6.54 Å². The molecule has 5 nitrogen and oxygen atoms in total. The predicted octanol–water partition coefficient (Wildman–Crippen LogP) is 0.717. The quantitative estimate of drug-likeness (QED) is 0.841. The summed E-state index contributed by atoms with van der Waals surface area (Å²) in [5.74, 6) is 0. The first-order chi connectivity index (χ1) is 7.81. The average Bonchev–Trinajstić information content (AvgIpc) is 2.78. The van der Waals surface area contributed by atoms with Crippen molar-refractivity contribution in [2.24, 2.45) is 0 Å². The van der Waals surface area contributed by atoms with Crippen LogP contribution in [0.25, 0.3) is 0 Å². The van der Waals surface area contributed by atoms with E-state index in [9.17, 15) is 0 Å².